The molecule has 0 spiro atoms. The highest BCUT2D eigenvalue weighted by atomic mass is 127. The van der Waals surface area contributed by atoms with Gasteiger partial charge in [-0.15, -0.1) is 0 Å². The van der Waals surface area contributed by atoms with Crippen LogP contribution in [-0.2, 0) is 7.05 Å². The molecule has 66 valence electrons. The second kappa shape index (κ2) is 4.44. The zero-order chi connectivity index (χ0) is 8.97. The van der Waals surface area contributed by atoms with Crippen molar-refractivity contribution in [2.75, 3.05) is 11.0 Å². The van der Waals surface area contributed by atoms with Crippen LogP contribution in [0.25, 0.3) is 0 Å². The molecule has 0 atom stereocenters. The highest BCUT2D eigenvalue weighted by Crippen LogP contribution is 1.93. The highest BCUT2D eigenvalue weighted by molar-refractivity contribution is 14.1. The van der Waals surface area contributed by atoms with E-state index in [-0.39, 0.29) is 5.91 Å². The fraction of sp³-hybridized carbons (Fsp3) is 0.429. The Bertz CT molecular complexity index is 271. The molecule has 1 rings (SSSR count). The number of alkyl halides is 1. The predicted molar refractivity (Wildman–Crippen MR) is 54.4 cm³/mol. The van der Waals surface area contributed by atoms with Crippen molar-refractivity contribution in [1.29, 1.82) is 0 Å². The van der Waals surface area contributed by atoms with Crippen molar-refractivity contribution in [3.8, 4) is 0 Å². The van der Waals surface area contributed by atoms with Crippen LogP contribution in [0.2, 0.25) is 0 Å². The number of hydrogen-bond acceptors (Lipinski definition) is 2. The lowest BCUT2D eigenvalue weighted by molar-refractivity contribution is 0.0952. The summed E-state index contributed by atoms with van der Waals surface area (Å²) in [7, 11) is 1.84. The van der Waals surface area contributed by atoms with E-state index in [1.807, 2.05) is 7.05 Å². The smallest absolute Gasteiger partial charge is 0.271 e. The number of imidazole rings is 1. The van der Waals surface area contributed by atoms with Crippen LogP contribution in [-0.4, -0.2) is 26.4 Å². The van der Waals surface area contributed by atoms with E-state index in [2.05, 4.69) is 32.9 Å². The molecule has 0 saturated carbocycles. The Morgan fingerprint density at radius 1 is 1.83 bits per heavy atom. The van der Waals surface area contributed by atoms with Gasteiger partial charge in [-0.3, -0.25) is 4.79 Å². The molecule has 0 saturated heterocycles. The van der Waals surface area contributed by atoms with Gasteiger partial charge in [0, 0.05) is 24.2 Å². The zero-order valence-electron chi connectivity index (χ0n) is 6.75. The monoisotopic (exact) mass is 279 g/mol. The molecule has 1 heterocycles. The number of aryl methyl sites for hydroxylation is 1. The number of halogens is 1. The fourth-order valence-corrected chi connectivity index (χ4v) is 1.05. The summed E-state index contributed by atoms with van der Waals surface area (Å²) in [4.78, 5) is 15.1. The van der Waals surface area contributed by atoms with Gasteiger partial charge in [-0.05, 0) is 0 Å². The lowest BCUT2D eigenvalue weighted by Gasteiger charge is -1.97. The fourth-order valence-electron chi connectivity index (χ4n) is 0.781. The van der Waals surface area contributed by atoms with Crippen LogP contribution in [0.5, 0.6) is 0 Å². The van der Waals surface area contributed by atoms with Gasteiger partial charge in [-0.1, -0.05) is 22.6 Å². The van der Waals surface area contributed by atoms with Gasteiger partial charge in [0.1, 0.15) is 5.69 Å². The number of nitrogens with zero attached hydrogens (tertiary/aromatic N) is 2. The van der Waals surface area contributed by atoms with Crippen molar-refractivity contribution in [1.82, 2.24) is 14.9 Å². The Morgan fingerprint density at radius 2 is 2.58 bits per heavy atom. The van der Waals surface area contributed by atoms with Crippen LogP contribution in [0, 0.1) is 0 Å². The third-order valence-corrected chi connectivity index (χ3v) is 1.86. The Hall–Kier alpha value is -0.590. The molecule has 0 radical (unpaired) electrons. The molecule has 0 aliphatic carbocycles. The van der Waals surface area contributed by atoms with Crippen molar-refractivity contribution >= 4 is 28.5 Å². The first kappa shape index (κ1) is 9.50. The zero-order valence-corrected chi connectivity index (χ0v) is 8.91. The second-order valence-electron chi connectivity index (χ2n) is 2.37. The van der Waals surface area contributed by atoms with Crippen molar-refractivity contribution in [3.05, 3.63) is 18.2 Å². The number of carbonyl (C=O) groups excluding carboxylic acids is 1. The molecule has 0 unspecified atom stereocenters. The van der Waals surface area contributed by atoms with Crippen LogP contribution >= 0.6 is 22.6 Å². The summed E-state index contributed by atoms with van der Waals surface area (Å²) < 4.78 is 2.66. The van der Waals surface area contributed by atoms with Gasteiger partial charge in [0.05, 0.1) is 6.33 Å². The Morgan fingerprint density at radius 3 is 3.08 bits per heavy atom. The van der Waals surface area contributed by atoms with Crippen LogP contribution in [0.15, 0.2) is 12.5 Å². The van der Waals surface area contributed by atoms with E-state index in [0.717, 1.165) is 4.43 Å². The molecule has 0 fully saturated rings. The van der Waals surface area contributed by atoms with Gasteiger partial charge in [-0.2, -0.15) is 0 Å². The summed E-state index contributed by atoms with van der Waals surface area (Å²) in [5.41, 5.74) is 0.474. The predicted octanol–water partition coefficient (Wildman–Crippen LogP) is 0.585. The van der Waals surface area contributed by atoms with Gasteiger partial charge in [-0.25, -0.2) is 4.98 Å². The number of carbonyl (C=O) groups is 1. The number of hydrogen-bond donors (Lipinski definition) is 1. The van der Waals surface area contributed by atoms with Crippen LogP contribution in [0.1, 0.15) is 10.5 Å². The highest BCUT2D eigenvalue weighted by Gasteiger charge is 2.06. The van der Waals surface area contributed by atoms with Crippen molar-refractivity contribution in [2.24, 2.45) is 7.05 Å². The van der Waals surface area contributed by atoms with E-state index in [4.69, 9.17) is 0 Å². The average Bonchev–Trinajstić information content (AvgIpc) is 2.47. The van der Waals surface area contributed by atoms with E-state index in [1.165, 1.54) is 0 Å². The molecule has 1 amide bonds. The number of aromatic nitrogens is 2. The Balaban J connectivity index is 2.53. The van der Waals surface area contributed by atoms with E-state index < -0.39 is 0 Å². The quantitative estimate of drug-likeness (QED) is 0.650. The normalized spacial score (nSPS) is 9.83. The minimum atomic E-state index is -0.104. The number of amides is 1. The molecule has 0 aliphatic heterocycles. The SMILES string of the molecule is Cn1cnc(C(=O)NCCI)c1. The number of rotatable bonds is 3. The Kier molecular flexibility index (Phi) is 3.51. The maximum atomic E-state index is 11.2. The molecule has 5 heteroatoms. The molecule has 1 aromatic heterocycles. The standard InChI is InChI=1S/C7H10IN3O/c1-11-4-6(10-5-11)7(12)9-3-2-8/h4-5H,2-3H2,1H3,(H,9,12). The summed E-state index contributed by atoms with van der Waals surface area (Å²) in [6.07, 6.45) is 3.31. The summed E-state index contributed by atoms with van der Waals surface area (Å²) >= 11 is 2.21. The van der Waals surface area contributed by atoms with Gasteiger partial charge in [0.15, 0.2) is 0 Å². The average molecular weight is 279 g/mol. The minimum absolute atomic E-state index is 0.104. The van der Waals surface area contributed by atoms with Gasteiger partial charge < -0.3 is 9.88 Å². The first-order valence-corrected chi connectivity index (χ1v) is 5.08. The number of nitrogens with one attached hydrogen (secondary N) is 1. The van der Waals surface area contributed by atoms with E-state index in [0.29, 0.717) is 12.2 Å². The maximum Gasteiger partial charge on any atom is 0.271 e. The largest absolute Gasteiger partial charge is 0.350 e. The molecule has 1 N–H and O–H groups in total. The van der Waals surface area contributed by atoms with Crippen molar-refractivity contribution in [2.45, 2.75) is 0 Å². The van der Waals surface area contributed by atoms with Crippen molar-refractivity contribution in [3.63, 3.8) is 0 Å². The van der Waals surface area contributed by atoms with Crippen LogP contribution in [0.3, 0.4) is 0 Å². The molecule has 0 aromatic carbocycles. The lowest BCUT2D eigenvalue weighted by Crippen LogP contribution is -2.25. The topological polar surface area (TPSA) is 46.9 Å². The first-order chi connectivity index (χ1) is 5.74. The molecule has 4 nitrogen and oxygen atoms in total. The third-order valence-electron chi connectivity index (χ3n) is 1.32. The molecule has 0 aliphatic rings. The Labute approximate surface area is 84.5 Å². The maximum absolute atomic E-state index is 11.2. The van der Waals surface area contributed by atoms with Crippen LogP contribution in [0.4, 0.5) is 0 Å². The molecule has 1 aromatic rings. The van der Waals surface area contributed by atoms with Gasteiger partial charge in [0.2, 0.25) is 0 Å². The van der Waals surface area contributed by atoms with Gasteiger partial charge in [0.25, 0.3) is 5.91 Å². The second-order valence-corrected chi connectivity index (χ2v) is 3.45. The van der Waals surface area contributed by atoms with E-state index in [1.54, 1.807) is 17.1 Å². The molecular weight excluding hydrogens is 269 g/mol. The molecular formula is C7H10IN3O. The summed E-state index contributed by atoms with van der Waals surface area (Å²) in [6, 6.07) is 0. The first-order valence-electron chi connectivity index (χ1n) is 3.56. The third kappa shape index (κ3) is 2.47. The molecule has 12 heavy (non-hydrogen) atoms. The van der Waals surface area contributed by atoms with Gasteiger partial charge >= 0.3 is 0 Å². The van der Waals surface area contributed by atoms with Crippen molar-refractivity contribution < 1.29 is 4.79 Å². The van der Waals surface area contributed by atoms with E-state index in [9.17, 15) is 4.79 Å². The van der Waals surface area contributed by atoms with E-state index >= 15 is 0 Å². The summed E-state index contributed by atoms with van der Waals surface area (Å²) in [6.45, 7) is 0.690. The van der Waals surface area contributed by atoms with Crippen LogP contribution < -0.4 is 5.32 Å². The lowest BCUT2D eigenvalue weighted by atomic mass is 10.4. The molecule has 0 bridgehead atoms. The summed E-state index contributed by atoms with van der Waals surface area (Å²) in [5, 5.41) is 2.74. The summed E-state index contributed by atoms with van der Waals surface area (Å²) in [5.74, 6) is -0.104. The minimum Gasteiger partial charge on any atom is -0.350 e.